The fourth-order valence-electron chi connectivity index (χ4n) is 11.5. The highest BCUT2D eigenvalue weighted by Gasteiger charge is 2.64. The van der Waals surface area contributed by atoms with Crippen molar-refractivity contribution in [1.29, 1.82) is 0 Å². The number of aliphatic hydroxyl groups excluding tert-OH is 9. The second kappa shape index (κ2) is 16.4. The SMILES string of the molecule is CC(CO)CCC(O)C(C)C1C(OC2OC(CO)C(O)C(OC3OC(CO)C(O)C(O)C3O)C2O)CC2C3CCC4=CC(=O)CCC4(C)C3CCC21C. The lowest BCUT2D eigenvalue weighted by Gasteiger charge is -2.58. The Morgan fingerprint density at radius 2 is 1.47 bits per heavy atom. The minimum Gasteiger partial charge on any atom is -0.396 e. The fourth-order valence-corrected chi connectivity index (χ4v) is 11.5. The van der Waals surface area contributed by atoms with Gasteiger partial charge in [0.25, 0.3) is 0 Å². The van der Waals surface area contributed by atoms with E-state index in [0.29, 0.717) is 37.5 Å². The molecule has 2 aliphatic heterocycles. The van der Waals surface area contributed by atoms with Gasteiger partial charge in [0.05, 0.1) is 25.4 Å². The molecule has 0 aromatic heterocycles. The summed E-state index contributed by atoms with van der Waals surface area (Å²) in [6, 6.07) is 0. The van der Waals surface area contributed by atoms with E-state index in [1.807, 2.05) is 19.9 Å². The van der Waals surface area contributed by atoms with E-state index in [4.69, 9.17) is 18.9 Å². The predicted molar refractivity (Wildman–Crippen MR) is 188 cm³/mol. The van der Waals surface area contributed by atoms with Crippen molar-refractivity contribution in [2.45, 2.75) is 159 Å². The first-order valence-corrected chi connectivity index (χ1v) is 19.9. The number of hydrogen-bond donors (Lipinski definition) is 9. The quantitative estimate of drug-likeness (QED) is 0.129. The molecule has 20 atom stereocenters. The van der Waals surface area contributed by atoms with Crippen LogP contribution in [0.3, 0.4) is 0 Å². The van der Waals surface area contributed by atoms with Crippen molar-refractivity contribution in [3.8, 4) is 0 Å². The zero-order chi connectivity index (χ0) is 38.6. The van der Waals surface area contributed by atoms with Crippen LogP contribution in [0, 0.1) is 46.3 Å². The molecule has 6 rings (SSSR count). The van der Waals surface area contributed by atoms with E-state index >= 15 is 0 Å². The topological polar surface area (TPSA) is 236 Å². The Hall–Kier alpha value is -1.11. The van der Waals surface area contributed by atoms with Crippen molar-refractivity contribution in [3.63, 3.8) is 0 Å². The van der Waals surface area contributed by atoms with Crippen molar-refractivity contribution in [2.75, 3.05) is 19.8 Å². The Bertz CT molecular complexity index is 1300. The highest BCUT2D eigenvalue weighted by Crippen LogP contribution is 2.68. The lowest BCUT2D eigenvalue weighted by Crippen LogP contribution is -2.65. The van der Waals surface area contributed by atoms with Gasteiger partial charge in [-0.15, -0.1) is 0 Å². The number of allylic oxidation sites excluding steroid dienone is 1. The molecule has 0 spiro atoms. The van der Waals surface area contributed by atoms with Crippen molar-refractivity contribution in [2.24, 2.45) is 46.3 Å². The summed E-state index contributed by atoms with van der Waals surface area (Å²) < 4.78 is 24.1. The lowest BCUT2D eigenvalue weighted by molar-refractivity contribution is -0.365. The highest BCUT2D eigenvalue weighted by atomic mass is 16.7. The van der Waals surface area contributed by atoms with Gasteiger partial charge in [0, 0.05) is 13.0 Å². The molecule has 0 aromatic rings. The van der Waals surface area contributed by atoms with E-state index in [2.05, 4.69) is 13.8 Å². The summed E-state index contributed by atoms with van der Waals surface area (Å²) in [6.07, 6.45) is -8.06. The normalized spacial score (nSPS) is 49.0. The van der Waals surface area contributed by atoms with E-state index in [1.165, 1.54) is 5.57 Å². The van der Waals surface area contributed by atoms with Crippen LogP contribution in [0.1, 0.15) is 85.5 Å². The number of ether oxygens (including phenoxy) is 4. The molecule has 20 unspecified atom stereocenters. The summed E-state index contributed by atoms with van der Waals surface area (Å²) in [6.45, 7) is 7.27. The standard InChI is InChI=1S/C39H64O14/c1-18(15-40)5-8-25(44)19(2)29-26(14-24-22-7-6-20-13-21(43)9-11-38(20,3)23(22)10-12-39(24,29)4)50-37-34(49)35(31(46)28(17-42)52-37)53-36-33(48)32(47)30(45)27(16-41)51-36/h13,18-19,22-37,40-42,44-49H,5-12,14-17H2,1-4H3. The van der Waals surface area contributed by atoms with Gasteiger partial charge in [-0.05, 0) is 104 Å². The zero-order valence-corrected chi connectivity index (χ0v) is 31.5. The molecule has 3 saturated carbocycles. The van der Waals surface area contributed by atoms with E-state index in [0.717, 1.165) is 32.1 Å². The number of ketones is 1. The molecule has 2 heterocycles. The highest BCUT2D eigenvalue weighted by molar-refractivity contribution is 5.91. The average molecular weight is 757 g/mol. The Labute approximate surface area is 312 Å². The smallest absolute Gasteiger partial charge is 0.187 e. The monoisotopic (exact) mass is 756 g/mol. The summed E-state index contributed by atoms with van der Waals surface area (Å²) in [7, 11) is 0. The van der Waals surface area contributed by atoms with Crippen LogP contribution in [0.4, 0.5) is 0 Å². The van der Waals surface area contributed by atoms with Gasteiger partial charge in [0.1, 0.15) is 48.8 Å². The van der Waals surface area contributed by atoms with Gasteiger partial charge < -0.3 is 64.9 Å². The zero-order valence-electron chi connectivity index (χ0n) is 31.5. The number of hydrogen-bond acceptors (Lipinski definition) is 14. The van der Waals surface area contributed by atoms with Crippen LogP contribution in [0.15, 0.2) is 11.6 Å². The van der Waals surface area contributed by atoms with E-state index in [9.17, 15) is 50.8 Å². The molecule has 0 radical (unpaired) electrons. The van der Waals surface area contributed by atoms with Crippen LogP contribution in [-0.4, -0.2) is 145 Å². The third kappa shape index (κ3) is 7.55. The maximum atomic E-state index is 12.4. The number of carbonyl (C=O) groups excluding carboxylic acids is 1. The van der Waals surface area contributed by atoms with Gasteiger partial charge in [0.2, 0.25) is 0 Å². The van der Waals surface area contributed by atoms with Crippen LogP contribution in [0.5, 0.6) is 0 Å². The Morgan fingerprint density at radius 3 is 2.13 bits per heavy atom. The Morgan fingerprint density at radius 1 is 0.811 bits per heavy atom. The number of aliphatic hydroxyl groups is 9. The van der Waals surface area contributed by atoms with Crippen LogP contribution < -0.4 is 0 Å². The maximum absolute atomic E-state index is 12.4. The fraction of sp³-hybridized carbons (Fsp3) is 0.923. The van der Waals surface area contributed by atoms with Crippen LogP contribution in [0.2, 0.25) is 0 Å². The van der Waals surface area contributed by atoms with E-state index in [-0.39, 0.29) is 46.9 Å². The van der Waals surface area contributed by atoms with Gasteiger partial charge in [-0.25, -0.2) is 0 Å². The summed E-state index contributed by atoms with van der Waals surface area (Å²) in [4.78, 5) is 12.4. The number of rotatable bonds is 12. The summed E-state index contributed by atoms with van der Waals surface area (Å²) in [5, 5.41) is 95.3. The minimum absolute atomic E-state index is 0.0288. The predicted octanol–water partition coefficient (Wildman–Crippen LogP) is 0.159. The van der Waals surface area contributed by atoms with E-state index in [1.54, 1.807) is 0 Å². The first-order valence-electron chi connectivity index (χ1n) is 19.9. The molecule has 0 aromatic carbocycles. The molecule has 6 aliphatic rings. The van der Waals surface area contributed by atoms with Crippen LogP contribution >= 0.6 is 0 Å². The van der Waals surface area contributed by atoms with Crippen molar-refractivity contribution < 1.29 is 69.7 Å². The maximum Gasteiger partial charge on any atom is 0.187 e. The molecule has 53 heavy (non-hydrogen) atoms. The average Bonchev–Trinajstić information content (AvgIpc) is 3.44. The molecule has 0 amide bonds. The molecule has 2 saturated heterocycles. The van der Waals surface area contributed by atoms with E-state index < -0.39 is 86.8 Å². The molecule has 14 nitrogen and oxygen atoms in total. The third-order valence-electron chi connectivity index (χ3n) is 14.8. The van der Waals surface area contributed by atoms with Gasteiger partial charge in [-0.3, -0.25) is 4.79 Å². The Kier molecular flexibility index (Phi) is 12.8. The largest absolute Gasteiger partial charge is 0.396 e. The van der Waals surface area contributed by atoms with Crippen molar-refractivity contribution in [1.82, 2.24) is 0 Å². The second-order valence-corrected chi connectivity index (χ2v) is 17.7. The van der Waals surface area contributed by atoms with Gasteiger partial charge >= 0.3 is 0 Å². The molecule has 14 heteroatoms. The molecule has 4 aliphatic carbocycles. The summed E-state index contributed by atoms with van der Waals surface area (Å²) in [5.41, 5.74) is 0.958. The van der Waals surface area contributed by atoms with Gasteiger partial charge in [0.15, 0.2) is 18.4 Å². The van der Waals surface area contributed by atoms with Gasteiger partial charge in [-0.1, -0.05) is 33.3 Å². The first-order chi connectivity index (χ1) is 25.1. The molecule has 304 valence electrons. The lowest BCUT2D eigenvalue weighted by atomic mass is 9.46. The Balaban J connectivity index is 1.28. The minimum atomic E-state index is -1.79. The molecule has 5 fully saturated rings. The van der Waals surface area contributed by atoms with Crippen molar-refractivity contribution >= 4 is 5.78 Å². The second-order valence-electron chi connectivity index (χ2n) is 17.7. The molecular weight excluding hydrogens is 692 g/mol. The van der Waals surface area contributed by atoms with Crippen LogP contribution in [0.25, 0.3) is 0 Å². The van der Waals surface area contributed by atoms with Crippen molar-refractivity contribution in [3.05, 3.63) is 11.6 Å². The summed E-state index contributed by atoms with van der Waals surface area (Å²) in [5.74, 6) is 0.777. The third-order valence-corrected chi connectivity index (χ3v) is 14.8. The number of carbonyl (C=O) groups is 1. The number of fused-ring (bicyclic) bond motifs is 5. The summed E-state index contributed by atoms with van der Waals surface area (Å²) >= 11 is 0. The molecular formula is C39H64O14. The molecule has 9 N–H and O–H groups in total. The van der Waals surface area contributed by atoms with Crippen LogP contribution in [-0.2, 0) is 23.7 Å². The van der Waals surface area contributed by atoms with Gasteiger partial charge in [-0.2, -0.15) is 0 Å². The first kappa shape index (κ1) is 41.5. The molecule has 0 bridgehead atoms.